The second-order valence-corrected chi connectivity index (χ2v) is 8.36. The molecule has 4 aromatic rings. The third kappa shape index (κ3) is 1.93. The monoisotopic (exact) mass is 376 g/mol. The summed E-state index contributed by atoms with van der Waals surface area (Å²) < 4.78 is 0. The van der Waals surface area contributed by atoms with Crippen LogP contribution in [-0.2, 0) is 11.2 Å². The van der Waals surface area contributed by atoms with Gasteiger partial charge in [0.25, 0.3) is 0 Å². The first-order valence-electron chi connectivity index (χ1n) is 8.39. The summed E-state index contributed by atoms with van der Waals surface area (Å²) in [6.45, 7) is 0. The van der Waals surface area contributed by atoms with E-state index in [1.165, 1.54) is 22.7 Å². The highest BCUT2D eigenvalue weighted by Crippen LogP contribution is 2.54. The summed E-state index contributed by atoms with van der Waals surface area (Å²) in [5.41, 5.74) is 0.388. The maximum absolute atomic E-state index is 12.0. The normalized spacial score (nSPS) is 24.1. The minimum atomic E-state index is -1.27. The molecule has 0 bridgehead atoms. The van der Waals surface area contributed by atoms with Gasteiger partial charge in [-0.15, -0.1) is 22.7 Å². The van der Waals surface area contributed by atoms with Crippen LogP contribution in [0.25, 0.3) is 0 Å². The molecule has 26 heavy (non-hydrogen) atoms. The first-order chi connectivity index (χ1) is 12.7. The van der Waals surface area contributed by atoms with E-state index >= 15 is 0 Å². The fourth-order valence-electron chi connectivity index (χ4n) is 4.02. The van der Waals surface area contributed by atoms with Crippen LogP contribution in [0.2, 0.25) is 0 Å². The Labute approximate surface area is 159 Å². The molecule has 0 aliphatic heterocycles. The topological polar surface area (TPSA) is 40.5 Å². The number of hydrogen-bond donors (Lipinski definition) is 2. The van der Waals surface area contributed by atoms with Crippen molar-refractivity contribution in [3.05, 3.63) is 116 Å². The molecule has 2 heterocycles. The molecule has 0 amide bonds. The van der Waals surface area contributed by atoms with Crippen molar-refractivity contribution in [2.45, 2.75) is 11.2 Å². The highest BCUT2D eigenvalue weighted by atomic mass is 32.1. The third-order valence-electron chi connectivity index (χ3n) is 5.17. The summed E-state index contributed by atoms with van der Waals surface area (Å²) in [5.74, 6) is 0. The van der Waals surface area contributed by atoms with Crippen LogP contribution in [0.1, 0.15) is 32.0 Å². The second kappa shape index (κ2) is 5.63. The lowest BCUT2D eigenvalue weighted by molar-refractivity contribution is 0.0787. The van der Waals surface area contributed by atoms with E-state index in [1.54, 1.807) is 0 Å². The molecule has 0 fully saturated rings. The molecule has 0 radical (unpaired) electrons. The zero-order valence-corrected chi connectivity index (χ0v) is 15.4. The van der Waals surface area contributed by atoms with Crippen LogP contribution < -0.4 is 0 Å². The van der Waals surface area contributed by atoms with Gasteiger partial charge >= 0.3 is 0 Å². The molecule has 2 aromatic carbocycles. The van der Waals surface area contributed by atoms with Gasteiger partial charge in [0.1, 0.15) is 11.2 Å². The Balaban J connectivity index is 1.93. The second-order valence-electron chi connectivity index (χ2n) is 6.47. The summed E-state index contributed by atoms with van der Waals surface area (Å²) in [4.78, 5) is 1.70. The molecule has 0 saturated heterocycles. The average Bonchev–Trinajstić information content (AvgIpc) is 3.40. The first-order valence-corrected chi connectivity index (χ1v) is 10.2. The summed E-state index contributed by atoms with van der Waals surface area (Å²) in [6.07, 6.45) is 0. The standard InChI is InChI=1S/C22H16O2S2/c23-21(19-11-5-13-25-19)15-7-1-2-8-16(15)22(24,20-12-6-14-26-20)18-10-4-3-9-17(18)21/h1-14,23-24H. The van der Waals surface area contributed by atoms with Crippen LogP contribution in [0.4, 0.5) is 0 Å². The lowest BCUT2D eigenvalue weighted by Gasteiger charge is -2.44. The van der Waals surface area contributed by atoms with Gasteiger partial charge in [-0.1, -0.05) is 60.7 Å². The van der Waals surface area contributed by atoms with Gasteiger partial charge in [0.05, 0.1) is 0 Å². The molecule has 1 aliphatic rings. The zero-order chi connectivity index (χ0) is 17.8. The highest BCUT2D eigenvalue weighted by Gasteiger charge is 2.51. The molecule has 0 spiro atoms. The van der Waals surface area contributed by atoms with E-state index in [1.807, 2.05) is 83.6 Å². The number of thiophene rings is 2. The van der Waals surface area contributed by atoms with Crippen molar-refractivity contribution in [2.75, 3.05) is 0 Å². The maximum atomic E-state index is 12.0. The third-order valence-corrected chi connectivity index (χ3v) is 7.13. The lowest BCUT2D eigenvalue weighted by atomic mass is 9.66. The van der Waals surface area contributed by atoms with Crippen molar-refractivity contribution >= 4 is 22.7 Å². The molecule has 0 unspecified atom stereocenters. The van der Waals surface area contributed by atoms with Crippen molar-refractivity contribution in [1.29, 1.82) is 0 Å². The Kier molecular flexibility index (Phi) is 3.46. The smallest absolute Gasteiger partial charge is 0.150 e. The zero-order valence-electron chi connectivity index (χ0n) is 13.8. The SMILES string of the molecule is OC1(c2cccs2)c2ccccc2C(O)(c2cccs2)c2ccccc21. The summed E-state index contributed by atoms with van der Waals surface area (Å²) >= 11 is 3.05. The Bertz CT molecular complexity index is 931. The number of aliphatic hydroxyl groups is 2. The fraction of sp³-hybridized carbons (Fsp3) is 0.0909. The summed E-state index contributed by atoms with van der Waals surface area (Å²) in [7, 11) is 0. The van der Waals surface area contributed by atoms with E-state index < -0.39 is 11.2 Å². The average molecular weight is 377 g/mol. The number of benzene rings is 2. The first kappa shape index (κ1) is 16.0. The van der Waals surface area contributed by atoms with Gasteiger partial charge < -0.3 is 10.2 Å². The Morgan fingerprint density at radius 2 is 0.846 bits per heavy atom. The van der Waals surface area contributed by atoms with E-state index in [9.17, 15) is 10.2 Å². The van der Waals surface area contributed by atoms with Crippen LogP contribution in [0, 0.1) is 0 Å². The molecule has 2 nitrogen and oxygen atoms in total. The molecule has 2 N–H and O–H groups in total. The van der Waals surface area contributed by atoms with Crippen LogP contribution in [0.15, 0.2) is 83.6 Å². The van der Waals surface area contributed by atoms with Gasteiger partial charge in [0, 0.05) is 32.0 Å². The van der Waals surface area contributed by atoms with Crippen LogP contribution in [0.5, 0.6) is 0 Å². The van der Waals surface area contributed by atoms with Crippen LogP contribution >= 0.6 is 22.7 Å². The van der Waals surface area contributed by atoms with E-state index in [0.717, 1.165) is 32.0 Å². The van der Waals surface area contributed by atoms with Gasteiger partial charge in [0.15, 0.2) is 0 Å². The highest BCUT2D eigenvalue weighted by molar-refractivity contribution is 7.10. The van der Waals surface area contributed by atoms with Crippen LogP contribution in [-0.4, -0.2) is 10.2 Å². The molecule has 1 aliphatic carbocycles. The van der Waals surface area contributed by atoms with Gasteiger partial charge in [0.2, 0.25) is 0 Å². The number of rotatable bonds is 2. The van der Waals surface area contributed by atoms with Gasteiger partial charge in [-0.2, -0.15) is 0 Å². The Morgan fingerprint density at radius 3 is 1.12 bits per heavy atom. The fourth-order valence-corrected chi connectivity index (χ4v) is 5.72. The molecule has 2 aromatic heterocycles. The van der Waals surface area contributed by atoms with Gasteiger partial charge in [-0.3, -0.25) is 0 Å². The minimum Gasteiger partial charge on any atom is -0.375 e. The van der Waals surface area contributed by atoms with E-state index in [2.05, 4.69) is 0 Å². The predicted molar refractivity (Wildman–Crippen MR) is 106 cm³/mol. The minimum absolute atomic E-state index is 0.733. The largest absolute Gasteiger partial charge is 0.375 e. The molecule has 128 valence electrons. The van der Waals surface area contributed by atoms with Gasteiger partial charge in [-0.05, 0) is 22.9 Å². The van der Waals surface area contributed by atoms with Crippen molar-refractivity contribution in [2.24, 2.45) is 0 Å². The van der Waals surface area contributed by atoms with E-state index in [0.29, 0.717) is 0 Å². The predicted octanol–water partition coefficient (Wildman–Crippen LogP) is 4.69. The van der Waals surface area contributed by atoms with Crippen molar-refractivity contribution in [1.82, 2.24) is 0 Å². The van der Waals surface area contributed by atoms with Crippen LogP contribution in [0.3, 0.4) is 0 Å². The Morgan fingerprint density at radius 1 is 0.500 bits per heavy atom. The number of hydrogen-bond acceptors (Lipinski definition) is 4. The van der Waals surface area contributed by atoms with E-state index in [4.69, 9.17) is 0 Å². The van der Waals surface area contributed by atoms with Crippen molar-refractivity contribution in [3.63, 3.8) is 0 Å². The van der Waals surface area contributed by atoms with Crippen molar-refractivity contribution < 1.29 is 10.2 Å². The molecular weight excluding hydrogens is 360 g/mol. The molecule has 0 saturated carbocycles. The maximum Gasteiger partial charge on any atom is 0.150 e. The lowest BCUT2D eigenvalue weighted by Crippen LogP contribution is -2.43. The molecule has 4 heteroatoms. The van der Waals surface area contributed by atoms with Crippen molar-refractivity contribution in [3.8, 4) is 0 Å². The summed E-state index contributed by atoms with van der Waals surface area (Å²) in [5, 5.41) is 27.9. The molecule has 5 rings (SSSR count). The molecule has 0 atom stereocenters. The van der Waals surface area contributed by atoms with E-state index in [-0.39, 0.29) is 0 Å². The number of fused-ring (bicyclic) bond motifs is 2. The quantitative estimate of drug-likeness (QED) is 0.533. The Hall–Kier alpha value is -2.24. The summed E-state index contributed by atoms with van der Waals surface area (Å²) in [6, 6.07) is 23.1. The molecular formula is C22H16O2S2. The van der Waals surface area contributed by atoms with Gasteiger partial charge in [-0.25, -0.2) is 0 Å².